The number of hydrogen-bond acceptors (Lipinski definition) is 4. The Kier molecular flexibility index (Phi) is 2.86. The molecule has 2 aromatic rings. The summed E-state index contributed by atoms with van der Waals surface area (Å²) in [5.41, 5.74) is 1.20. The highest BCUT2D eigenvalue weighted by Crippen LogP contribution is 2.37. The van der Waals surface area contributed by atoms with E-state index in [1.54, 1.807) is 6.92 Å². The molecule has 0 radical (unpaired) electrons. The number of nitriles is 1. The van der Waals surface area contributed by atoms with Crippen molar-refractivity contribution in [1.29, 1.82) is 5.26 Å². The first-order valence-electron chi connectivity index (χ1n) is 6.34. The molecular formula is C13H11F2N5O. The molecule has 0 unspecified atom stereocenters. The van der Waals surface area contributed by atoms with Crippen LogP contribution < -0.4 is 5.32 Å². The van der Waals surface area contributed by atoms with Crippen molar-refractivity contribution < 1.29 is 13.6 Å². The highest BCUT2D eigenvalue weighted by Gasteiger charge is 2.46. The number of carbonyl (C=O) groups excluding carboxylic acids is 1. The molecule has 6 nitrogen and oxygen atoms in total. The van der Waals surface area contributed by atoms with Crippen LogP contribution in [0.5, 0.6) is 0 Å². The fraction of sp³-hybridized carbons (Fsp3) is 0.385. The number of aromatic nitrogens is 3. The number of halogens is 2. The van der Waals surface area contributed by atoms with E-state index in [1.165, 1.54) is 16.8 Å². The first-order valence-corrected chi connectivity index (χ1v) is 6.34. The molecule has 0 aliphatic heterocycles. The molecule has 8 heteroatoms. The maximum absolute atomic E-state index is 12.8. The molecule has 1 fully saturated rings. The summed E-state index contributed by atoms with van der Waals surface area (Å²) in [4.78, 5) is 16.2. The fourth-order valence-electron chi connectivity index (χ4n) is 2.38. The van der Waals surface area contributed by atoms with Crippen molar-refractivity contribution in [3.8, 4) is 6.07 Å². The molecule has 1 N–H and O–H groups in total. The molecule has 0 saturated heterocycles. The van der Waals surface area contributed by atoms with E-state index in [4.69, 9.17) is 5.26 Å². The summed E-state index contributed by atoms with van der Waals surface area (Å²) >= 11 is 0. The van der Waals surface area contributed by atoms with E-state index in [0.29, 0.717) is 11.3 Å². The van der Waals surface area contributed by atoms with E-state index in [2.05, 4.69) is 15.4 Å². The van der Waals surface area contributed by atoms with Crippen LogP contribution in [0, 0.1) is 18.3 Å². The zero-order chi connectivity index (χ0) is 15.2. The number of nitrogens with zero attached hydrogens (tertiary/aromatic N) is 4. The Balaban J connectivity index is 1.91. The Morgan fingerprint density at radius 2 is 2.29 bits per heavy atom. The van der Waals surface area contributed by atoms with E-state index < -0.39 is 17.9 Å². The molecule has 21 heavy (non-hydrogen) atoms. The van der Waals surface area contributed by atoms with Gasteiger partial charge in [-0.1, -0.05) is 0 Å². The Bertz CT molecular complexity index is 769. The molecule has 108 valence electrons. The van der Waals surface area contributed by atoms with Gasteiger partial charge < -0.3 is 5.32 Å². The predicted molar refractivity (Wildman–Crippen MR) is 67.9 cm³/mol. The lowest BCUT2D eigenvalue weighted by molar-refractivity contribution is -0.0901. The van der Waals surface area contributed by atoms with Crippen LogP contribution in [0.1, 0.15) is 34.6 Å². The van der Waals surface area contributed by atoms with Crippen LogP contribution in [0.15, 0.2) is 12.3 Å². The van der Waals surface area contributed by atoms with E-state index in [0.717, 1.165) is 0 Å². The van der Waals surface area contributed by atoms with E-state index in [-0.39, 0.29) is 24.2 Å². The molecule has 0 aromatic carbocycles. The number of amides is 1. The van der Waals surface area contributed by atoms with Crippen LogP contribution in [0.2, 0.25) is 0 Å². The standard InChI is InChI=1S/C13H11F2N5O/c1-7-9(6-16)11-17-3-2-10(20(11)19-7)12(21)18-8-4-13(14,15)5-8/h2-3,8H,4-5H2,1H3,(H,18,21). The Morgan fingerprint density at radius 3 is 2.90 bits per heavy atom. The van der Waals surface area contributed by atoms with Crippen molar-refractivity contribution >= 4 is 11.6 Å². The summed E-state index contributed by atoms with van der Waals surface area (Å²) < 4.78 is 26.8. The lowest BCUT2D eigenvalue weighted by atomic mass is 9.88. The smallest absolute Gasteiger partial charge is 0.270 e. The lowest BCUT2D eigenvalue weighted by Gasteiger charge is -2.35. The second-order valence-electron chi connectivity index (χ2n) is 5.07. The second kappa shape index (κ2) is 4.48. The molecule has 1 aliphatic carbocycles. The van der Waals surface area contributed by atoms with Gasteiger partial charge >= 0.3 is 0 Å². The maximum atomic E-state index is 12.8. The average molecular weight is 291 g/mol. The molecule has 3 rings (SSSR count). The lowest BCUT2D eigenvalue weighted by Crippen LogP contribution is -2.50. The van der Waals surface area contributed by atoms with Crippen LogP contribution >= 0.6 is 0 Å². The molecular weight excluding hydrogens is 280 g/mol. The maximum Gasteiger partial charge on any atom is 0.270 e. The minimum atomic E-state index is -2.69. The SMILES string of the molecule is Cc1nn2c(C(=O)NC3CC(F)(F)C3)ccnc2c1C#N. The Hall–Kier alpha value is -2.56. The second-order valence-corrected chi connectivity index (χ2v) is 5.07. The topological polar surface area (TPSA) is 83.1 Å². The minimum Gasteiger partial charge on any atom is -0.348 e. The third-order valence-electron chi connectivity index (χ3n) is 3.46. The van der Waals surface area contributed by atoms with Crippen LogP contribution in [-0.4, -0.2) is 32.5 Å². The Labute approximate surface area is 118 Å². The summed E-state index contributed by atoms with van der Waals surface area (Å²) in [5.74, 6) is -3.20. The number of fused-ring (bicyclic) bond motifs is 1. The monoisotopic (exact) mass is 291 g/mol. The van der Waals surface area contributed by atoms with Gasteiger partial charge in [0.25, 0.3) is 11.8 Å². The van der Waals surface area contributed by atoms with Crippen LogP contribution in [0.25, 0.3) is 5.65 Å². The quantitative estimate of drug-likeness (QED) is 0.907. The minimum absolute atomic E-state index is 0.166. The highest BCUT2D eigenvalue weighted by atomic mass is 19.3. The van der Waals surface area contributed by atoms with Gasteiger partial charge in [0.1, 0.15) is 17.3 Å². The van der Waals surface area contributed by atoms with Gasteiger partial charge in [0, 0.05) is 25.1 Å². The summed E-state index contributed by atoms with van der Waals surface area (Å²) in [7, 11) is 0. The largest absolute Gasteiger partial charge is 0.348 e. The van der Waals surface area contributed by atoms with Crippen molar-refractivity contribution in [3.05, 3.63) is 29.2 Å². The van der Waals surface area contributed by atoms with Gasteiger partial charge in [-0.3, -0.25) is 4.79 Å². The van der Waals surface area contributed by atoms with Gasteiger partial charge in [-0.2, -0.15) is 10.4 Å². The van der Waals surface area contributed by atoms with Crippen molar-refractivity contribution in [2.45, 2.75) is 31.7 Å². The molecule has 2 aromatic heterocycles. The number of carbonyl (C=O) groups is 1. The highest BCUT2D eigenvalue weighted by molar-refractivity contribution is 5.93. The zero-order valence-electron chi connectivity index (χ0n) is 11.1. The number of alkyl halides is 2. The first-order chi connectivity index (χ1) is 9.91. The van der Waals surface area contributed by atoms with Gasteiger partial charge in [-0.25, -0.2) is 18.3 Å². The number of aryl methyl sites for hydroxylation is 1. The van der Waals surface area contributed by atoms with Gasteiger partial charge in [-0.05, 0) is 13.0 Å². The number of rotatable bonds is 2. The van der Waals surface area contributed by atoms with Gasteiger partial charge in [0.05, 0.1) is 5.69 Å². The molecule has 0 spiro atoms. The summed E-state index contributed by atoms with van der Waals surface area (Å²) in [6, 6.07) is 2.88. The van der Waals surface area contributed by atoms with E-state index >= 15 is 0 Å². The van der Waals surface area contributed by atoms with Crippen molar-refractivity contribution in [3.63, 3.8) is 0 Å². The van der Waals surface area contributed by atoms with Crippen molar-refractivity contribution in [1.82, 2.24) is 19.9 Å². The number of nitrogens with one attached hydrogen (secondary N) is 1. The van der Waals surface area contributed by atoms with Crippen LogP contribution in [-0.2, 0) is 0 Å². The van der Waals surface area contributed by atoms with Crippen LogP contribution in [0.3, 0.4) is 0 Å². The summed E-state index contributed by atoms with van der Waals surface area (Å²) in [6.07, 6.45) is 0.685. The van der Waals surface area contributed by atoms with E-state index in [1.807, 2.05) is 6.07 Å². The average Bonchev–Trinajstić information content (AvgIpc) is 2.71. The molecule has 1 amide bonds. The van der Waals surface area contributed by atoms with Gasteiger partial charge in [0.15, 0.2) is 5.65 Å². The zero-order valence-corrected chi connectivity index (χ0v) is 11.1. The summed E-state index contributed by atoms with van der Waals surface area (Å²) in [5, 5.41) is 15.7. The molecule has 0 bridgehead atoms. The Morgan fingerprint density at radius 1 is 1.57 bits per heavy atom. The van der Waals surface area contributed by atoms with Crippen LogP contribution in [0.4, 0.5) is 8.78 Å². The first kappa shape index (κ1) is 13.4. The van der Waals surface area contributed by atoms with Gasteiger partial charge in [0.2, 0.25) is 0 Å². The molecule has 2 heterocycles. The third-order valence-corrected chi connectivity index (χ3v) is 3.46. The van der Waals surface area contributed by atoms with Crippen molar-refractivity contribution in [2.75, 3.05) is 0 Å². The van der Waals surface area contributed by atoms with E-state index in [9.17, 15) is 13.6 Å². The summed E-state index contributed by atoms with van der Waals surface area (Å²) in [6.45, 7) is 1.64. The predicted octanol–water partition coefficient (Wildman–Crippen LogP) is 1.44. The molecule has 1 aliphatic rings. The molecule has 1 saturated carbocycles. The molecule has 0 atom stereocenters. The fourth-order valence-corrected chi connectivity index (χ4v) is 2.38. The van der Waals surface area contributed by atoms with Crippen molar-refractivity contribution in [2.24, 2.45) is 0 Å². The third kappa shape index (κ3) is 2.20. The number of hydrogen-bond donors (Lipinski definition) is 1. The van der Waals surface area contributed by atoms with Gasteiger partial charge in [-0.15, -0.1) is 0 Å². The normalized spacial score (nSPS) is 17.2.